The largest absolute Gasteiger partial charge is 0.416 e. The van der Waals surface area contributed by atoms with E-state index in [0.717, 1.165) is 18.2 Å². The normalized spacial score (nSPS) is 11.1. The van der Waals surface area contributed by atoms with Crippen molar-refractivity contribution >= 4 is 29.2 Å². The Balaban J connectivity index is 1.69. The van der Waals surface area contributed by atoms with Crippen LogP contribution in [-0.4, -0.2) is 16.9 Å². The maximum absolute atomic E-state index is 13.7. The summed E-state index contributed by atoms with van der Waals surface area (Å²) in [4.78, 5) is 28.0. The van der Waals surface area contributed by atoms with Crippen LogP contribution in [0.5, 0.6) is 0 Å². The van der Waals surface area contributed by atoms with Crippen LogP contribution in [0.1, 0.15) is 15.9 Å². The smallest absolute Gasteiger partial charge is 0.306 e. The van der Waals surface area contributed by atoms with Gasteiger partial charge in [-0.3, -0.25) is 15.1 Å². The molecular formula is C20H12ClF4N3O2. The molecule has 3 rings (SSSR count). The first-order valence-corrected chi connectivity index (χ1v) is 8.73. The van der Waals surface area contributed by atoms with Crippen molar-refractivity contribution in [3.8, 4) is 11.3 Å². The molecule has 0 aliphatic heterocycles. The quantitative estimate of drug-likeness (QED) is 0.530. The Kier molecular flexibility index (Phi) is 6.02. The lowest BCUT2D eigenvalue weighted by molar-refractivity contribution is -0.137. The lowest BCUT2D eigenvalue weighted by atomic mass is 10.1. The molecule has 0 atom stereocenters. The number of amides is 3. The van der Waals surface area contributed by atoms with Crippen molar-refractivity contribution in [3.05, 3.63) is 82.8 Å². The van der Waals surface area contributed by atoms with Gasteiger partial charge in [0.15, 0.2) is 0 Å². The first kappa shape index (κ1) is 21.3. The molecule has 0 saturated heterocycles. The highest BCUT2D eigenvalue weighted by Crippen LogP contribution is 2.31. The predicted molar refractivity (Wildman–Crippen MR) is 103 cm³/mol. The molecule has 3 amide bonds. The second-order valence-electron chi connectivity index (χ2n) is 6.02. The van der Waals surface area contributed by atoms with Crippen LogP contribution in [0.2, 0.25) is 5.02 Å². The zero-order chi connectivity index (χ0) is 21.9. The Morgan fingerprint density at radius 1 is 1.00 bits per heavy atom. The first-order chi connectivity index (χ1) is 14.1. The SMILES string of the molecule is O=C(NC(=O)c1c(F)cccc1Cl)Nc1ccc(-c2cccc(C(F)(F)F)c2)nc1. The molecular weight excluding hydrogens is 426 g/mol. The number of benzene rings is 2. The van der Waals surface area contributed by atoms with Gasteiger partial charge in [-0.2, -0.15) is 13.2 Å². The van der Waals surface area contributed by atoms with Gasteiger partial charge in [-0.15, -0.1) is 0 Å². The van der Waals surface area contributed by atoms with Crippen LogP contribution in [0.15, 0.2) is 60.8 Å². The number of hydrogen-bond donors (Lipinski definition) is 2. The van der Waals surface area contributed by atoms with Gasteiger partial charge in [0.2, 0.25) is 0 Å². The van der Waals surface area contributed by atoms with Crippen LogP contribution in [0, 0.1) is 5.82 Å². The van der Waals surface area contributed by atoms with Crippen molar-refractivity contribution in [1.82, 2.24) is 10.3 Å². The van der Waals surface area contributed by atoms with Crippen LogP contribution in [0.3, 0.4) is 0 Å². The molecule has 10 heteroatoms. The fraction of sp³-hybridized carbons (Fsp3) is 0.0500. The molecule has 0 bridgehead atoms. The molecule has 0 radical (unpaired) electrons. The molecule has 154 valence electrons. The zero-order valence-corrected chi connectivity index (χ0v) is 15.7. The molecule has 0 aliphatic carbocycles. The number of alkyl halides is 3. The number of hydrogen-bond acceptors (Lipinski definition) is 3. The summed E-state index contributed by atoms with van der Waals surface area (Å²) in [6.07, 6.45) is -3.28. The van der Waals surface area contributed by atoms with Gasteiger partial charge < -0.3 is 5.32 Å². The molecule has 1 heterocycles. The number of anilines is 1. The van der Waals surface area contributed by atoms with Gasteiger partial charge in [0, 0.05) is 5.56 Å². The Labute approximate surface area is 172 Å². The summed E-state index contributed by atoms with van der Waals surface area (Å²) in [6, 6.07) is 10.1. The van der Waals surface area contributed by atoms with Gasteiger partial charge in [-0.05, 0) is 36.4 Å². The van der Waals surface area contributed by atoms with Crippen LogP contribution < -0.4 is 10.6 Å². The number of rotatable bonds is 3. The number of pyridine rings is 1. The van der Waals surface area contributed by atoms with Crippen LogP contribution >= 0.6 is 11.6 Å². The third-order valence-corrected chi connectivity index (χ3v) is 4.24. The summed E-state index contributed by atoms with van der Waals surface area (Å²) in [5.74, 6) is -1.93. The number of halogens is 5. The van der Waals surface area contributed by atoms with E-state index in [0.29, 0.717) is 0 Å². The van der Waals surface area contributed by atoms with Gasteiger partial charge in [0.1, 0.15) is 5.82 Å². The number of nitrogens with one attached hydrogen (secondary N) is 2. The molecule has 0 unspecified atom stereocenters. The highest BCUT2D eigenvalue weighted by Gasteiger charge is 2.30. The molecule has 30 heavy (non-hydrogen) atoms. The van der Waals surface area contributed by atoms with Crippen molar-refractivity contribution in [3.63, 3.8) is 0 Å². The fourth-order valence-electron chi connectivity index (χ4n) is 2.54. The zero-order valence-electron chi connectivity index (χ0n) is 14.9. The second-order valence-corrected chi connectivity index (χ2v) is 6.42. The van der Waals surface area contributed by atoms with E-state index in [9.17, 15) is 27.2 Å². The molecule has 5 nitrogen and oxygen atoms in total. The Morgan fingerprint density at radius 3 is 2.37 bits per heavy atom. The lowest BCUT2D eigenvalue weighted by Crippen LogP contribution is -2.35. The molecule has 0 fully saturated rings. The first-order valence-electron chi connectivity index (χ1n) is 8.35. The Bertz CT molecular complexity index is 1080. The monoisotopic (exact) mass is 437 g/mol. The van der Waals surface area contributed by atoms with Crippen LogP contribution in [0.25, 0.3) is 11.3 Å². The number of carbonyl (C=O) groups excluding carboxylic acids is 2. The van der Waals surface area contributed by atoms with E-state index in [1.807, 2.05) is 5.32 Å². The van der Waals surface area contributed by atoms with Crippen molar-refractivity contribution in [2.24, 2.45) is 0 Å². The van der Waals surface area contributed by atoms with Gasteiger partial charge in [0.25, 0.3) is 5.91 Å². The summed E-state index contributed by atoms with van der Waals surface area (Å²) < 4.78 is 52.2. The summed E-state index contributed by atoms with van der Waals surface area (Å²) >= 11 is 5.77. The van der Waals surface area contributed by atoms with Gasteiger partial charge in [0.05, 0.1) is 33.7 Å². The minimum atomic E-state index is -4.48. The average Bonchev–Trinajstić information content (AvgIpc) is 2.68. The van der Waals surface area contributed by atoms with Crippen LogP contribution in [-0.2, 0) is 6.18 Å². The molecule has 0 spiro atoms. The second kappa shape index (κ2) is 8.50. The number of carbonyl (C=O) groups is 2. The van der Waals surface area contributed by atoms with Crippen molar-refractivity contribution < 1.29 is 27.2 Å². The summed E-state index contributed by atoms with van der Waals surface area (Å²) in [7, 11) is 0. The Morgan fingerprint density at radius 2 is 1.73 bits per heavy atom. The molecule has 2 aromatic carbocycles. The van der Waals surface area contributed by atoms with E-state index in [1.54, 1.807) is 0 Å². The minimum absolute atomic E-state index is 0.160. The standard InChI is InChI=1S/C20H12ClF4N3O2/c21-14-5-2-6-15(22)17(14)18(29)28-19(30)27-13-7-8-16(26-10-13)11-3-1-4-12(9-11)20(23,24)25/h1-10H,(H2,27,28,29,30). The molecule has 0 saturated carbocycles. The average molecular weight is 438 g/mol. The Hall–Kier alpha value is -3.46. The highest BCUT2D eigenvalue weighted by molar-refractivity contribution is 6.34. The third-order valence-electron chi connectivity index (χ3n) is 3.92. The van der Waals surface area contributed by atoms with Gasteiger partial charge in [-0.1, -0.05) is 29.8 Å². The number of aromatic nitrogens is 1. The summed E-state index contributed by atoms with van der Waals surface area (Å²) in [5.41, 5.74) is -0.636. The predicted octanol–water partition coefficient (Wildman–Crippen LogP) is 5.52. The van der Waals surface area contributed by atoms with Gasteiger partial charge in [-0.25, -0.2) is 9.18 Å². The highest BCUT2D eigenvalue weighted by atomic mass is 35.5. The van der Waals surface area contributed by atoms with Gasteiger partial charge >= 0.3 is 12.2 Å². The fourth-order valence-corrected chi connectivity index (χ4v) is 2.78. The number of nitrogens with zero attached hydrogens (tertiary/aromatic N) is 1. The van der Waals surface area contributed by atoms with E-state index in [2.05, 4.69) is 10.3 Å². The molecule has 1 aromatic heterocycles. The third kappa shape index (κ3) is 4.93. The van der Waals surface area contributed by atoms with E-state index in [4.69, 9.17) is 11.6 Å². The lowest BCUT2D eigenvalue weighted by Gasteiger charge is -2.10. The van der Waals surface area contributed by atoms with Crippen molar-refractivity contribution in [1.29, 1.82) is 0 Å². The number of imide groups is 1. The summed E-state index contributed by atoms with van der Waals surface area (Å²) in [5, 5.41) is 4.09. The number of urea groups is 1. The summed E-state index contributed by atoms with van der Waals surface area (Å²) in [6.45, 7) is 0. The van der Waals surface area contributed by atoms with E-state index < -0.39 is 35.1 Å². The van der Waals surface area contributed by atoms with E-state index >= 15 is 0 Å². The molecule has 2 N–H and O–H groups in total. The van der Waals surface area contributed by atoms with Crippen molar-refractivity contribution in [2.45, 2.75) is 6.18 Å². The molecule has 3 aromatic rings. The maximum Gasteiger partial charge on any atom is 0.416 e. The van der Waals surface area contributed by atoms with E-state index in [1.165, 1.54) is 42.6 Å². The van der Waals surface area contributed by atoms with Crippen LogP contribution in [0.4, 0.5) is 28.0 Å². The van der Waals surface area contributed by atoms with E-state index in [-0.39, 0.29) is 22.0 Å². The van der Waals surface area contributed by atoms with Crippen molar-refractivity contribution in [2.75, 3.05) is 5.32 Å². The molecule has 0 aliphatic rings. The topological polar surface area (TPSA) is 71.1 Å². The minimum Gasteiger partial charge on any atom is -0.306 e. The maximum atomic E-state index is 13.7.